The SMILES string of the molecule is O=C(Cc1sccc1Cl)c1ccccc1. The van der Waals surface area contributed by atoms with Crippen molar-refractivity contribution < 1.29 is 4.79 Å². The van der Waals surface area contributed by atoms with Crippen molar-refractivity contribution in [1.29, 1.82) is 0 Å². The summed E-state index contributed by atoms with van der Waals surface area (Å²) in [5.74, 6) is 0.111. The van der Waals surface area contributed by atoms with E-state index in [2.05, 4.69) is 0 Å². The molecule has 0 saturated heterocycles. The number of benzene rings is 1. The highest BCUT2D eigenvalue weighted by atomic mass is 35.5. The minimum Gasteiger partial charge on any atom is -0.294 e. The summed E-state index contributed by atoms with van der Waals surface area (Å²) in [5.41, 5.74) is 0.738. The van der Waals surface area contributed by atoms with Gasteiger partial charge in [0.25, 0.3) is 0 Å². The molecule has 2 aromatic rings. The lowest BCUT2D eigenvalue weighted by atomic mass is 10.1. The molecule has 0 aliphatic rings. The lowest BCUT2D eigenvalue weighted by Crippen LogP contribution is -2.01. The van der Waals surface area contributed by atoms with Crippen LogP contribution in [0.1, 0.15) is 15.2 Å². The molecule has 0 spiro atoms. The summed E-state index contributed by atoms with van der Waals surface area (Å²) in [6.07, 6.45) is 0.389. The summed E-state index contributed by atoms with van der Waals surface area (Å²) in [6.45, 7) is 0. The monoisotopic (exact) mass is 236 g/mol. The highest BCUT2D eigenvalue weighted by molar-refractivity contribution is 7.10. The lowest BCUT2D eigenvalue weighted by Gasteiger charge is -1.99. The fourth-order valence-electron chi connectivity index (χ4n) is 1.32. The smallest absolute Gasteiger partial charge is 0.168 e. The maximum Gasteiger partial charge on any atom is 0.168 e. The Labute approximate surface area is 97.3 Å². The fraction of sp³-hybridized carbons (Fsp3) is 0.0833. The van der Waals surface area contributed by atoms with Crippen LogP contribution < -0.4 is 0 Å². The van der Waals surface area contributed by atoms with Gasteiger partial charge in [-0.1, -0.05) is 41.9 Å². The molecule has 76 valence electrons. The molecule has 1 nitrogen and oxygen atoms in total. The van der Waals surface area contributed by atoms with Crippen LogP contribution in [-0.2, 0) is 6.42 Å². The summed E-state index contributed by atoms with van der Waals surface area (Å²) in [4.78, 5) is 12.7. The molecule has 0 unspecified atom stereocenters. The van der Waals surface area contributed by atoms with Crippen molar-refractivity contribution in [2.24, 2.45) is 0 Å². The van der Waals surface area contributed by atoms with Crippen molar-refractivity contribution >= 4 is 28.7 Å². The Hall–Kier alpha value is -1.12. The first-order chi connectivity index (χ1) is 7.27. The van der Waals surface area contributed by atoms with E-state index >= 15 is 0 Å². The third kappa shape index (κ3) is 2.46. The number of Topliss-reactive ketones (excluding diaryl/α,β-unsaturated/α-hetero) is 1. The average molecular weight is 237 g/mol. The summed E-state index contributed by atoms with van der Waals surface area (Å²) in [7, 11) is 0. The Kier molecular flexibility index (Phi) is 3.19. The van der Waals surface area contributed by atoms with Crippen LogP contribution in [0.5, 0.6) is 0 Å². The quantitative estimate of drug-likeness (QED) is 0.741. The Morgan fingerprint density at radius 2 is 1.93 bits per heavy atom. The number of hydrogen-bond donors (Lipinski definition) is 0. The molecule has 0 radical (unpaired) electrons. The van der Waals surface area contributed by atoms with Gasteiger partial charge in [-0.3, -0.25) is 4.79 Å². The summed E-state index contributed by atoms with van der Waals surface area (Å²) in [6, 6.07) is 11.1. The number of hydrogen-bond acceptors (Lipinski definition) is 2. The van der Waals surface area contributed by atoms with E-state index in [1.807, 2.05) is 41.8 Å². The van der Waals surface area contributed by atoms with Gasteiger partial charge in [0.15, 0.2) is 5.78 Å². The van der Waals surface area contributed by atoms with Gasteiger partial charge >= 0.3 is 0 Å². The van der Waals surface area contributed by atoms with Gasteiger partial charge in [-0.05, 0) is 11.4 Å². The number of carbonyl (C=O) groups is 1. The Morgan fingerprint density at radius 3 is 2.53 bits per heavy atom. The second kappa shape index (κ2) is 4.60. The maximum absolute atomic E-state index is 11.8. The zero-order valence-corrected chi connectivity index (χ0v) is 9.52. The van der Waals surface area contributed by atoms with Gasteiger partial charge in [-0.25, -0.2) is 0 Å². The predicted octanol–water partition coefficient (Wildman–Crippen LogP) is 3.83. The number of halogens is 1. The molecule has 2 rings (SSSR count). The van der Waals surface area contributed by atoms with Crippen LogP contribution in [0.25, 0.3) is 0 Å². The summed E-state index contributed by atoms with van der Waals surface area (Å²) < 4.78 is 0. The van der Waals surface area contributed by atoms with Crippen molar-refractivity contribution in [2.75, 3.05) is 0 Å². The molecule has 0 aliphatic heterocycles. The van der Waals surface area contributed by atoms with E-state index in [1.54, 1.807) is 0 Å². The molecular weight excluding hydrogens is 228 g/mol. The third-order valence-corrected chi connectivity index (χ3v) is 3.50. The Morgan fingerprint density at radius 1 is 1.20 bits per heavy atom. The van der Waals surface area contributed by atoms with Gasteiger partial charge in [0.2, 0.25) is 0 Å². The van der Waals surface area contributed by atoms with Crippen molar-refractivity contribution in [2.45, 2.75) is 6.42 Å². The van der Waals surface area contributed by atoms with Crippen LogP contribution in [0.4, 0.5) is 0 Å². The van der Waals surface area contributed by atoms with E-state index < -0.39 is 0 Å². The number of rotatable bonds is 3. The zero-order chi connectivity index (χ0) is 10.7. The third-order valence-electron chi connectivity index (χ3n) is 2.11. The van der Waals surface area contributed by atoms with E-state index in [4.69, 9.17) is 11.6 Å². The van der Waals surface area contributed by atoms with E-state index in [9.17, 15) is 4.79 Å². The molecule has 0 aliphatic carbocycles. The van der Waals surface area contributed by atoms with Crippen LogP contribution in [0, 0.1) is 0 Å². The topological polar surface area (TPSA) is 17.1 Å². The zero-order valence-electron chi connectivity index (χ0n) is 7.94. The van der Waals surface area contributed by atoms with E-state index in [0.29, 0.717) is 11.4 Å². The van der Waals surface area contributed by atoms with Crippen molar-refractivity contribution in [3.05, 3.63) is 57.2 Å². The largest absolute Gasteiger partial charge is 0.294 e. The summed E-state index contributed by atoms with van der Waals surface area (Å²) in [5, 5.41) is 2.58. The standard InChI is InChI=1S/C12H9ClOS/c13-10-6-7-15-12(10)8-11(14)9-4-2-1-3-5-9/h1-7H,8H2. The van der Waals surface area contributed by atoms with Crippen molar-refractivity contribution in [3.63, 3.8) is 0 Å². The molecule has 0 atom stereocenters. The second-order valence-electron chi connectivity index (χ2n) is 3.16. The molecule has 0 fully saturated rings. The number of ketones is 1. The van der Waals surface area contributed by atoms with Crippen molar-refractivity contribution in [1.82, 2.24) is 0 Å². The van der Waals surface area contributed by atoms with Gasteiger partial charge in [0.1, 0.15) is 0 Å². The molecule has 1 aromatic carbocycles. The highest BCUT2D eigenvalue weighted by Crippen LogP contribution is 2.23. The first-order valence-electron chi connectivity index (χ1n) is 4.57. The second-order valence-corrected chi connectivity index (χ2v) is 4.57. The van der Waals surface area contributed by atoms with Gasteiger partial charge in [-0.2, -0.15) is 0 Å². The minimum atomic E-state index is 0.111. The van der Waals surface area contributed by atoms with Gasteiger partial charge in [-0.15, -0.1) is 11.3 Å². The predicted molar refractivity (Wildman–Crippen MR) is 63.8 cm³/mol. The molecule has 0 saturated carbocycles. The van der Waals surface area contributed by atoms with Crippen LogP contribution in [0.3, 0.4) is 0 Å². The summed E-state index contributed by atoms with van der Waals surface area (Å²) >= 11 is 7.45. The van der Waals surface area contributed by atoms with E-state index in [0.717, 1.165) is 10.4 Å². The van der Waals surface area contributed by atoms with Gasteiger partial charge < -0.3 is 0 Å². The normalized spacial score (nSPS) is 10.2. The average Bonchev–Trinajstić information content (AvgIpc) is 2.66. The Bertz CT molecular complexity index is 461. The number of thiophene rings is 1. The van der Waals surface area contributed by atoms with E-state index in [-0.39, 0.29) is 5.78 Å². The Balaban J connectivity index is 2.15. The first kappa shape index (κ1) is 10.4. The van der Waals surface area contributed by atoms with Crippen LogP contribution in [-0.4, -0.2) is 5.78 Å². The van der Waals surface area contributed by atoms with Crippen molar-refractivity contribution in [3.8, 4) is 0 Å². The molecule has 0 amide bonds. The molecular formula is C12H9ClOS. The maximum atomic E-state index is 11.8. The molecule has 1 heterocycles. The van der Waals surface area contributed by atoms with Gasteiger partial charge in [0.05, 0.1) is 5.02 Å². The molecule has 1 aromatic heterocycles. The molecule has 3 heteroatoms. The molecule has 0 N–H and O–H groups in total. The molecule has 0 bridgehead atoms. The molecule has 15 heavy (non-hydrogen) atoms. The first-order valence-corrected chi connectivity index (χ1v) is 5.83. The van der Waals surface area contributed by atoms with Crippen LogP contribution in [0.15, 0.2) is 41.8 Å². The highest BCUT2D eigenvalue weighted by Gasteiger charge is 2.09. The number of carbonyl (C=O) groups excluding carboxylic acids is 1. The minimum absolute atomic E-state index is 0.111. The lowest BCUT2D eigenvalue weighted by molar-refractivity contribution is 0.0994. The van der Waals surface area contributed by atoms with Crippen LogP contribution in [0.2, 0.25) is 5.02 Å². The van der Waals surface area contributed by atoms with Crippen LogP contribution >= 0.6 is 22.9 Å². The van der Waals surface area contributed by atoms with Gasteiger partial charge in [0, 0.05) is 16.9 Å². The van der Waals surface area contributed by atoms with E-state index in [1.165, 1.54) is 11.3 Å². The fourth-order valence-corrected chi connectivity index (χ4v) is 2.42.